The van der Waals surface area contributed by atoms with Crippen molar-refractivity contribution in [1.29, 1.82) is 0 Å². The van der Waals surface area contributed by atoms with Crippen LogP contribution in [-0.2, 0) is 14.2 Å². The van der Waals surface area contributed by atoms with E-state index in [4.69, 9.17) is 18.9 Å². The molecule has 1 aliphatic heterocycles. The molecule has 0 bridgehead atoms. The molecule has 1 aromatic rings. The first-order chi connectivity index (χ1) is 10.4. The van der Waals surface area contributed by atoms with Gasteiger partial charge in [0.15, 0.2) is 6.29 Å². The molecule has 1 unspecified atom stereocenters. The molecule has 1 fully saturated rings. The van der Waals surface area contributed by atoms with Gasteiger partial charge in [0.25, 0.3) is 0 Å². The highest BCUT2D eigenvalue weighted by Gasteiger charge is 2.13. The van der Waals surface area contributed by atoms with Gasteiger partial charge < -0.3 is 18.9 Å². The van der Waals surface area contributed by atoms with Crippen LogP contribution in [-0.4, -0.2) is 45.6 Å². The van der Waals surface area contributed by atoms with Gasteiger partial charge in [0.1, 0.15) is 18.6 Å². The molecule has 0 N–H and O–H groups in total. The number of ether oxygens (including phenoxy) is 4. The Bertz CT molecular complexity index is 415. The second kappa shape index (κ2) is 9.50. The third kappa shape index (κ3) is 6.25. The smallest absolute Gasteiger partial charge is 0.157 e. The van der Waals surface area contributed by atoms with Gasteiger partial charge in [0.2, 0.25) is 0 Å². The number of aldehydes is 1. The number of carbonyl (C=O) groups excluding carboxylic acids is 1. The monoisotopic (exact) mass is 294 g/mol. The fourth-order valence-electron chi connectivity index (χ4n) is 2.08. The maximum Gasteiger partial charge on any atom is 0.157 e. The highest BCUT2D eigenvalue weighted by atomic mass is 16.7. The van der Waals surface area contributed by atoms with Crippen LogP contribution in [0.5, 0.6) is 5.75 Å². The zero-order valence-corrected chi connectivity index (χ0v) is 12.2. The Hall–Kier alpha value is -1.43. The van der Waals surface area contributed by atoms with Crippen molar-refractivity contribution in [2.75, 3.05) is 33.0 Å². The summed E-state index contributed by atoms with van der Waals surface area (Å²) in [5.74, 6) is 0.676. The van der Waals surface area contributed by atoms with Crippen LogP contribution in [0.1, 0.15) is 29.6 Å². The molecule has 0 aromatic heterocycles. The zero-order chi connectivity index (χ0) is 14.8. The van der Waals surface area contributed by atoms with E-state index in [0.717, 1.165) is 25.7 Å². The quantitative estimate of drug-likeness (QED) is 0.517. The molecular formula is C16H22O5. The summed E-state index contributed by atoms with van der Waals surface area (Å²) in [5, 5.41) is 0. The number of hydrogen-bond acceptors (Lipinski definition) is 5. The summed E-state index contributed by atoms with van der Waals surface area (Å²) in [4.78, 5) is 10.6. The first kappa shape index (κ1) is 15.9. The van der Waals surface area contributed by atoms with Crippen molar-refractivity contribution >= 4 is 6.29 Å². The van der Waals surface area contributed by atoms with Crippen LogP contribution in [0.4, 0.5) is 0 Å². The van der Waals surface area contributed by atoms with E-state index in [-0.39, 0.29) is 6.29 Å². The predicted molar refractivity (Wildman–Crippen MR) is 77.7 cm³/mol. The summed E-state index contributed by atoms with van der Waals surface area (Å²) in [6.45, 7) is 2.78. The molecule has 21 heavy (non-hydrogen) atoms. The minimum absolute atomic E-state index is 0.0651. The van der Waals surface area contributed by atoms with Crippen LogP contribution in [0.15, 0.2) is 24.3 Å². The largest absolute Gasteiger partial charge is 0.491 e. The van der Waals surface area contributed by atoms with E-state index >= 15 is 0 Å². The minimum atomic E-state index is -0.0651. The summed E-state index contributed by atoms with van der Waals surface area (Å²) in [6.07, 6.45) is 3.99. The Kier molecular flexibility index (Phi) is 7.21. The van der Waals surface area contributed by atoms with Crippen LogP contribution in [0, 0.1) is 0 Å². The molecule has 0 amide bonds. The van der Waals surface area contributed by atoms with Gasteiger partial charge in [-0.05, 0) is 31.4 Å². The number of benzene rings is 1. The van der Waals surface area contributed by atoms with Gasteiger partial charge in [0, 0.05) is 12.2 Å². The van der Waals surface area contributed by atoms with Crippen molar-refractivity contribution < 1.29 is 23.7 Å². The second-order valence-electron chi connectivity index (χ2n) is 4.82. The molecule has 1 aliphatic rings. The van der Waals surface area contributed by atoms with Crippen LogP contribution < -0.4 is 4.74 Å². The minimum Gasteiger partial charge on any atom is -0.491 e. The van der Waals surface area contributed by atoms with Crippen LogP contribution >= 0.6 is 0 Å². The third-order valence-corrected chi connectivity index (χ3v) is 3.16. The highest BCUT2D eigenvalue weighted by Crippen LogP contribution is 2.13. The molecule has 1 atom stereocenters. The zero-order valence-electron chi connectivity index (χ0n) is 12.2. The van der Waals surface area contributed by atoms with Crippen molar-refractivity contribution in [3.05, 3.63) is 29.8 Å². The molecule has 1 saturated heterocycles. The van der Waals surface area contributed by atoms with Gasteiger partial charge in [-0.15, -0.1) is 0 Å². The van der Waals surface area contributed by atoms with E-state index in [1.165, 1.54) is 6.42 Å². The maximum absolute atomic E-state index is 10.6. The Morgan fingerprint density at radius 1 is 1.19 bits per heavy atom. The Morgan fingerprint density at radius 3 is 2.90 bits per heavy atom. The van der Waals surface area contributed by atoms with Crippen molar-refractivity contribution in [3.63, 3.8) is 0 Å². The third-order valence-electron chi connectivity index (χ3n) is 3.16. The SMILES string of the molecule is O=Cc1cccc(OCCOCCOC2CCCCO2)c1. The van der Waals surface area contributed by atoms with E-state index in [2.05, 4.69) is 0 Å². The lowest BCUT2D eigenvalue weighted by Gasteiger charge is -2.22. The van der Waals surface area contributed by atoms with E-state index in [9.17, 15) is 4.79 Å². The lowest BCUT2D eigenvalue weighted by atomic mass is 10.2. The van der Waals surface area contributed by atoms with Crippen LogP contribution in [0.25, 0.3) is 0 Å². The van der Waals surface area contributed by atoms with Crippen molar-refractivity contribution in [2.45, 2.75) is 25.6 Å². The molecule has 1 aromatic carbocycles. The molecule has 5 nitrogen and oxygen atoms in total. The van der Waals surface area contributed by atoms with Gasteiger partial charge in [-0.25, -0.2) is 0 Å². The van der Waals surface area contributed by atoms with Crippen LogP contribution in [0.3, 0.4) is 0 Å². The van der Waals surface area contributed by atoms with Gasteiger partial charge in [-0.1, -0.05) is 12.1 Å². The molecule has 1 heterocycles. The molecular weight excluding hydrogens is 272 g/mol. The average Bonchev–Trinajstić information content (AvgIpc) is 2.55. The van der Waals surface area contributed by atoms with E-state index in [0.29, 0.717) is 37.7 Å². The van der Waals surface area contributed by atoms with Gasteiger partial charge in [-0.3, -0.25) is 4.79 Å². The normalized spacial score (nSPS) is 18.4. The molecule has 0 aliphatic carbocycles. The second-order valence-corrected chi connectivity index (χ2v) is 4.82. The summed E-state index contributed by atoms with van der Waals surface area (Å²) in [7, 11) is 0. The Morgan fingerprint density at radius 2 is 2.10 bits per heavy atom. The molecule has 2 rings (SSSR count). The van der Waals surface area contributed by atoms with E-state index in [1.807, 2.05) is 6.07 Å². The highest BCUT2D eigenvalue weighted by molar-refractivity contribution is 5.75. The van der Waals surface area contributed by atoms with Gasteiger partial charge in [0.05, 0.1) is 19.8 Å². The summed E-state index contributed by atoms with van der Waals surface area (Å²) in [5.41, 5.74) is 0.606. The molecule has 0 saturated carbocycles. The van der Waals surface area contributed by atoms with E-state index < -0.39 is 0 Å². The molecule has 0 spiro atoms. The number of carbonyl (C=O) groups is 1. The predicted octanol–water partition coefficient (Wildman–Crippen LogP) is 2.44. The Labute approximate surface area is 125 Å². The standard InChI is InChI=1S/C16H22O5/c17-13-14-4-3-5-15(12-14)19-10-8-18-9-11-21-16-6-1-2-7-20-16/h3-5,12-13,16H,1-2,6-11H2. The first-order valence-electron chi connectivity index (χ1n) is 7.37. The topological polar surface area (TPSA) is 54.0 Å². The molecule has 0 radical (unpaired) electrons. The summed E-state index contributed by atoms with van der Waals surface area (Å²) in [6, 6.07) is 7.05. The average molecular weight is 294 g/mol. The fourth-order valence-corrected chi connectivity index (χ4v) is 2.08. The van der Waals surface area contributed by atoms with Crippen molar-refractivity contribution in [2.24, 2.45) is 0 Å². The fraction of sp³-hybridized carbons (Fsp3) is 0.562. The number of rotatable bonds is 9. The lowest BCUT2D eigenvalue weighted by Crippen LogP contribution is -2.24. The van der Waals surface area contributed by atoms with Gasteiger partial charge in [-0.2, -0.15) is 0 Å². The van der Waals surface area contributed by atoms with Crippen LogP contribution in [0.2, 0.25) is 0 Å². The van der Waals surface area contributed by atoms with Crippen molar-refractivity contribution in [1.82, 2.24) is 0 Å². The van der Waals surface area contributed by atoms with Gasteiger partial charge >= 0.3 is 0 Å². The molecule has 116 valence electrons. The van der Waals surface area contributed by atoms with Crippen molar-refractivity contribution in [3.8, 4) is 5.75 Å². The first-order valence-corrected chi connectivity index (χ1v) is 7.37. The summed E-state index contributed by atoms with van der Waals surface area (Å²) < 4.78 is 21.9. The Balaban J connectivity index is 1.48. The lowest BCUT2D eigenvalue weighted by molar-refractivity contribution is -0.169. The maximum atomic E-state index is 10.6. The summed E-state index contributed by atoms with van der Waals surface area (Å²) >= 11 is 0. The van der Waals surface area contributed by atoms with E-state index in [1.54, 1.807) is 18.2 Å². The molecule has 5 heteroatoms. The number of hydrogen-bond donors (Lipinski definition) is 0.